The zero-order valence-corrected chi connectivity index (χ0v) is 11.9. The molecule has 0 aliphatic carbocycles. The second kappa shape index (κ2) is 7.27. The van der Waals surface area contributed by atoms with Crippen LogP contribution in [0.3, 0.4) is 0 Å². The van der Waals surface area contributed by atoms with Gasteiger partial charge in [0.25, 0.3) is 0 Å². The number of halogens is 2. The summed E-state index contributed by atoms with van der Waals surface area (Å²) in [6.45, 7) is 0.487. The largest absolute Gasteiger partial charge is 0.381 e. The van der Waals surface area contributed by atoms with Crippen LogP contribution in [-0.2, 0) is 6.42 Å². The molecule has 0 aliphatic rings. The maximum Gasteiger partial charge on any atom is 0.126 e. The molecule has 2 aromatic rings. The van der Waals surface area contributed by atoms with E-state index in [2.05, 4.69) is 17.4 Å². The molecule has 3 N–H and O–H groups in total. The summed E-state index contributed by atoms with van der Waals surface area (Å²) < 4.78 is 13.3. The van der Waals surface area contributed by atoms with Crippen molar-refractivity contribution in [2.75, 3.05) is 11.9 Å². The molecule has 2 aromatic carbocycles. The Morgan fingerprint density at radius 3 is 2.55 bits per heavy atom. The van der Waals surface area contributed by atoms with Crippen LogP contribution in [0.25, 0.3) is 0 Å². The van der Waals surface area contributed by atoms with Crippen molar-refractivity contribution in [2.45, 2.75) is 18.9 Å². The second-order valence-electron chi connectivity index (χ2n) is 4.76. The molecule has 0 saturated carbocycles. The minimum atomic E-state index is -0.348. The van der Waals surface area contributed by atoms with Gasteiger partial charge in [0.15, 0.2) is 0 Å². The Balaban J connectivity index is 1.95. The van der Waals surface area contributed by atoms with Crippen LogP contribution in [-0.4, -0.2) is 12.6 Å². The van der Waals surface area contributed by atoms with Crippen molar-refractivity contribution in [1.29, 1.82) is 0 Å². The van der Waals surface area contributed by atoms with Crippen LogP contribution < -0.4 is 11.1 Å². The molecule has 0 spiro atoms. The first-order valence-electron chi connectivity index (χ1n) is 6.64. The molecule has 0 heterocycles. The van der Waals surface area contributed by atoms with E-state index in [1.54, 1.807) is 6.07 Å². The molecule has 106 valence electrons. The highest BCUT2D eigenvalue weighted by molar-refractivity contribution is 6.30. The lowest BCUT2D eigenvalue weighted by molar-refractivity contribution is 0.625. The smallest absolute Gasteiger partial charge is 0.126 e. The SMILES string of the molecule is NCC(CCc1ccccc1)Nc1cc(F)cc(Cl)c1. The fourth-order valence-corrected chi connectivity index (χ4v) is 2.33. The third kappa shape index (κ3) is 4.51. The molecule has 1 atom stereocenters. The molecular formula is C16H18ClFN2. The average Bonchev–Trinajstić information content (AvgIpc) is 2.43. The van der Waals surface area contributed by atoms with E-state index in [1.807, 2.05) is 18.2 Å². The molecule has 0 aliphatic heterocycles. The monoisotopic (exact) mass is 292 g/mol. The van der Waals surface area contributed by atoms with Crippen LogP contribution in [0.1, 0.15) is 12.0 Å². The number of benzene rings is 2. The van der Waals surface area contributed by atoms with Gasteiger partial charge in [0.2, 0.25) is 0 Å². The first-order valence-corrected chi connectivity index (χ1v) is 7.02. The average molecular weight is 293 g/mol. The van der Waals surface area contributed by atoms with Crippen LogP contribution >= 0.6 is 11.6 Å². The zero-order valence-electron chi connectivity index (χ0n) is 11.2. The standard InChI is InChI=1S/C16H18ClFN2/c17-13-8-14(18)10-16(9-13)20-15(11-19)7-6-12-4-2-1-3-5-12/h1-5,8-10,15,20H,6-7,11,19H2. The van der Waals surface area contributed by atoms with Gasteiger partial charge in [0.05, 0.1) is 0 Å². The predicted molar refractivity (Wildman–Crippen MR) is 82.6 cm³/mol. The molecular weight excluding hydrogens is 275 g/mol. The Labute approximate surface area is 123 Å². The minimum Gasteiger partial charge on any atom is -0.381 e. The predicted octanol–water partition coefficient (Wildman–Crippen LogP) is 3.85. The molecule has 0 saturated heterocycles. The van der Waals surface area contributed by atoms with Crippen LogP contribution in [0.15, 0.2) is 48.5 Å². The highest BCUT2D eigenvalue weighted by atomic mass is 35.5. The number of aryl methyl sites for hydroxylation is 1. The maximum atomic E-state index is 13.3. The molecule has 4 heteroatoms. The van der Waals surface area contributed by atoms with E-state index in [9.17, 15) is 4.39 Å². The van der Waals surface area contributed by atoms with E-state index in [0.717, 1.165) is 12.8 Å². The number of nitrogens with two attached hydrogens (primary N) is 1. The van der Waals surface area contributed by atoms with Gasteiger partial charge in [-0.1, -0.05) is 41.9 Å². The van der Waals surface area contributed by atoms with E-state index in [0.29, 0.717) is 17.3 Å². The molecule has 2 nitrogen and oxygen atoms in total. The summed E-state index contributed by atoms with van der Waals surface area (Å²) in [5.41, 5.74) is 7.71. The minimum absolute atomic E-state index is 0.0908. The fourth-order valence-electron chi connectivity index (χ4n) is 2.11. The van der Waals surface area contributed by atoms with Gasteiger partial charge in [-0.05, 0) is 36.6 Å². The Morgan fingerprint density at radius 1 is 1.15 bits per heavy atom. The van der Waals surface area contributed by atoms with Gasteiger partial charge >= 0.3 is 0 Å². The van der Waals surface area contributed by atoms with Crippen LogP contribution in [0.2, 0.25) is 5.02 Å². The van der Waals surface area contributed by atoms with E-state index in [-0.39, 0.29) is 11.9 Å². The van der Waals surface area contributed by atoms with Crippen molar-refractivity contribution in [3.63, 3.8) is 0 Å². The summed E-state index contributed by atoms with van der Waals surface area (Å²) in [5, 5.41) is 3.61. The third-order valence-electron chi connectivity index (χ3n) is 3.14. The highest BCUT2D eigenvalue weighted by Crippen LogP contribution is 2.19. The van der Waals surface area contributed by atoms with Gasteiger partial charge in [-0.15, -0.1) is 0 Å². The quantitative estimate of drug-likeness (QED) is 0.849. The van der Waals surface area contributed by atoms with Crippen molar-refractivity contribution in [3.05, 3.63) is 64.9 Å². The molecule has 0 bridgehead atoms. The van der Waals surface area contributed by atoms with Crippen molar-refractivity contribution in [1.82, 2.24) is 0 Å². The summed E-state index contributed by atoms with van der Waals surface area (Å²) in [4.78, 5) is 0. The molecule has 0 amide bonds. The number of nitrogens with one attached hydrogen (secondary N) is 1. The van der Waals surface area contributed by atoms with Gasteiger partial charge in [0.1, 0.15) is 5.82 Å². The normalized spacial score (nSPS) is 12.2. The summed E-state index contributed by atoms with van der Waals surface area (Å²) >= 11 is 5.84. The first kappa shape index (κ1) is 14.8. The summed E-state index contributed by atoms with van der Waals surface area (Å²) in [7, 11) is 0. The Hall–Kier alpha value is -1.58. The lowest BCUT2D eigenvalue weighted by Gasteiger charge is -2.18. The topological polar surface area (TPSA) is 38.0 Å². The molecule has 0 fully saturated rings. The van der Waals surface area contributed by atoms with E-state index < -0.39 is 0 Å². The molecule has 2 rings (SSSR count). The van der Waals surface area contributed by atoms with Gasteiger partial charge in [-0.3, -0.25) is 0 Å². The van der Waals surface area contributed by atoms with Gasteiger partial charge in [0, 0.05) is 23.3 Å². The zero-order chi connectivity index (χ0) is 14.4. The summed E-state index contributed by atoms with van der Waals surface area (Å²) in [6.07, 6.45) is 1.81. The number of anilines is 1. The lowest BCUT2D eigenvalue weighted by Crippen LogP contribution is -2.29. The highest BCUT2D eigenvalue weighted by Gasteiger charge is 2.08. The molecule has 0 aromatic heterocycles. The molecule has 0 radical (unpaired) electrons. The Bertz CT molecular complexity index is 525. The summed E-state index contributed by atoms with van der Waals surface area (Å²) in [6, 6.07) is 14.7. The van der Waals surface area contributed by atoms with Gasteiger partial charge < -0.3 is 11.1 Å². The number of hydrogen-bond donors (Lipinski definition) is 2. The van der Waals surface area contributed by atoms with Crippen LogP contribution in [0, 0.1) is 5.82 Å². The van der Waals surface area contributed by atoms with Crippen molar-refractivity contribution < 1.29 is 4.39 Å². The summed E-state index contributed by atoms with van der Waals surface area (Å²) in [5.74, 6) is -0.348. The fraction of sp³-hybridized carbons (Fsp3) is 0.250. The van der Waals surface area contributed by atoms with E-state index in [4.69, 9.17) is 17.3 Å². The van der Waals surface area contributed by atoms with E-state index in [1.165, 1.54) is 17.7 Å². The lowest BCUT2D eigenvalue weighted by atomic mass is 10.0. The Kier molecular flexibility index (Phi) is 5.39. The van der Waals surface area contributed by atoms with Crippen molar-refractivity contribution in [2.24, 2.45) is 5.73 Å². The molecule has 20 heavy (non-hydrogen) atoms. The van der Waals surface area contributed by atoms with E-state index >= 15 is 0 Å². The second-order valence-corrected chi connectivity index (χ2v) is 5.20. The third-order valence-corrected chi connectivity index (χ3v) is 3.36. The number of rotatable bonds is 6. The van der Waals surface area contributed by atoms with Gasteiger partial charge in [-0.2, -0.15) is 0 Å². The maximum absolute atomic E-state index is 13.3. The van der Waals surface area contributed by atoms with Crippen molar-refractivity contribution >= 4 is 17.3 Å². The van der Waals surface area contributed by atoms with Crippen LogP contribution in [0.5, 0.6) is 0 Å². The number of hydrogen-bond acceptors (Lipinski definition) is 2. The van der Waals surface area contributed by atoms with Crippen molar-refractivity contribution in [3.8, 4) is 0 Å². The molecule has 1 unspecified atom stereocenters. The first-order chi connectivity index (χ1) is 9.67. The van der Waals surface area contributed by atoms with Gasteiger partial charge in [-0.25, -0.2) is 4.39 Å². The van der Waals surface area contributed by atoms with Crippen LogP contribution in [0.4, 0.5) is 10.1 Å². The Morgan fingerprint density at radius 2 is 1.90 bits per heavy atom.